The summed E-state index contributed by atoms with van der Waals surface area (Å²) in [6, 6.07) is 6.97. The van der Waals surface area contributed by atoms with Crippen molar-refractivity contribution in [2.45, 2.75) is 57.1 Å². The van der Waals surface area contributed by atoms with E-state index in [1.54, 1.807) is 18.2 Å². The number of hydrogen-bond acceptors (Lipinski definition) is 2. The van der Waals surface area contributed by atoms with E-state index < -0.39 is 15.1 Å². The predicted molar refractivity (Wildman–Crippen MR) is 109 cm³/mol. The first-order valence-corrected chi connectivity index (χ1v) is 10.1. The average Bonchev–Trinajstić information content (AvgIpc) is 2.54. The van der Waals surface area contributed by atoms with Crippen molar-refractivity contribution in [2.24, 2.45) is 0 Å². The van der Waals surface area contributed by atoms with E-state index in [-0.39, 0.29) is 0 Å². The average molecular weight is 359 g/mol. The molecule has 1 atom stereocenters. The van der Waals surface area contributed by atoms with Gasteiger partial charge in [0, 0.05) is 0 Å². The Bertz CT molecular complexity index is 759. The van der Waals surface area contributed by atoms with E-state index in [1.165, 1.54) is 11.1 Å². The van der Waals surface area contributed by atoms with Gasteiger partial charge in [-0.1, -0.05) is 60.2 Å². The van der Waals surface area contributed by atoms with E-state index in [1.807, 2.05) is 32.1 Å². The van der Waals surface area contributed by atoms with E-state index in [0.717, 1.165) is 18.4 Å². The van der Waals surface area contributed by atoms with Crippen LogP contribution >= 0.6 is 0 Å². The van der Waals surface area contributed by atoms with Crippen molar-refractivity contribution in [3.05, 3.63) is 77.9 Å². The smallest absolute Gasteiger partial charge is 0.185 e. The second-order valence-corrected chi connectivity index (χ2v) is 8.86. The molecule has 1 unspecified atom stereocenters. The van der Waals surface area contributed by atoms with Crippen LogP contribution in [0.5, 0.6) is 0 Å². The first-order valence-electron chi connectivity index (χ1n) is 8.59. The molecule has 0 N–H and O–H groups in total. The molecular formula is C22H30O2S. The summed E-state index contributed by atoms with van der Waals surface area (Å²) in [7, 11) is -3.49. The Hall–Kier alpha value is -1.87. The van der Waals surface area contributed by atoms with Crippen molar-refractivity contribution < 1.29 is 8.42 Å². The maximum Gasteiger partial charge on any atom is 0.185 e. The molecule has 0 aliphatic carbocycles. The highest BCUT2D eigenvalue weighted by atomic mass is 32.2. The van der Waals surface area contributed by atoms with Crippen molar-refractivity contribution in [3.8, 4) is 0 Å². The summed E-state index contributed by atoms with van der Waals surface area (Å²) in [5, 5.41) is -0.675. The molecule has 0 saturated carbocycles. The Morgan fingerprint density at radius 1 is 1.12 bits per heavy atom. The van der Waals surface area contributed by atoms with Gasteiger partial charge in [0.15, 0.2) is 9.84 Å². The van der Waals surface area contributed by atoms with Gasteiger partial charge in [-0.25, -0.2) is 8.42 Å². The first kappa shape index (κ1) is 21.2. The Kier molecular flexibility index (Phi) is 8.11. The number of hydrogen-bond donors (Lipinski definition) is 0. The van der Waals surface area contributed by atoms with Gasteiger partial charge < -0.3 is 0 Å². The lowest BCUT2D eigenvalue weighted by molar-refractivity contribution is 0.587. The largest absolute Gasteiger partial charge is 0.223 e. The zero-order chi connectivity index (χ0) is 19.0. The van der Waals surface area contributed by atoms with E-state index in [9.17, 15) is 8.42 Å². The third-order valence-electron chi connectivity index (χ3n) is 4.17. The van der Waals surface area contributed by atoms with Crippen LogP contribution in [0.3, 0.4) is 0 Å². The lowest BCUT2D eigenvalue weighted by Gasteiger charge is -2.17. The van der Waals surface area contributed by atoms with Gasteiger partial charge >= 0.3 is 0 Å². The number of allylic oxidation sites excluding steroid dienone is 5. The van der Waals surface area contributed by atoms with Crippen LogP contribution in [0.25, 0.3) is 0 Å². The fourth-order valence-electron chi connectivity index (χ4n) is 2.50. The second kappa shape index (κ2) is 9.57. The SMILES string of the molecule is C=CC(=C)C(C/C=C(/C)CCC=C(C)C)S(=O)(=O)c1ccc(C)cc1. The van der Waals surface area contributed by atoms with Crippen molar-refractivity contribution in [1.29, 1.82) is 0 Å². The van der Waals surface area contributed by atoms with E-state index in [4.69, 9.17) is 0 Å². The minimum absolute atomic E-state index is 0.335. The summed E-state index contributed by atoms with van der Waals surface area (Å²) in [6.07, 6.45) is 8.08. The molecule has 0 aliphatic rings. The van der Waals surface area contributed by atoms with E-state index in [2.05, 4.69) is 33.1 Å². The molecule has 136 valence electrons. The molecule has 25 heavy (non-hydrogen) atoms. The highest BCUT2D eigenvalue weighted by molar-refractivity contribution is 7.92. The molecule has 0 radical (unpaired) electrons. The molecule has 0 amide bonds. The molecule has 3 heteroatoms. The molecule has 1 rings (SSSR count). The lowest BCUT2D eigenvalue weighted by atomic mass is 10.1. The number of sulfone groups is 1. The van der Waals surface area contributed by atoms with Crippen LogP contribution in [-0.4, -0.2) is 13.7 Å². The molecule has 1 aromatic rings. The quantitative estimate of drug-likeness (QED) is 0.403. The molecule has 0 fully saturated rings. The zero-order valence-electron chi connectivity index (χ0n) is 15.9. The fraction of sp³-hybridized carbons (Fsp3) is 0.364. The highest BCUT2D eigenvalue weighted by Crippen LogP contribution is 2.25. The van der Waals surface area contributed by atoms with Crippen molar-refractivity contribution >= 4 is 9.84 Å². The summed E-state index contributed by atoms with van der Waals surface area (Å²) in [4.78, 5) is 0.335. The number of rotatable bonds is 9. The van der Waals surface area contributed by atoms with E-state index in [0.29, 0.717) is 16.9 Å². The van der Waals surface area contributed by atoms with Gasteiger partial charge in [-0.05, 0) is 64.7 Å². The molecule has 1 aromatic carbocycles. The zero-order valence-corrected chi connectivity index (χ0v) is 16.7. The normalized spacial score (nSPS) is 13.2. The van der Waals surface area contributed by atoms with Gasteiger partial charge in [0.05, 0.1) is 10.1 Å². The molecule has 0 aliphatic heterocycles. The summed E-state index contributed by atoms with van der Waals surface area (Å²) >= 11 is 0. The second-order valence-electron chi connectivity index (χ2n) is 6.73. The Morgan fingerprint density at radius 2 is 1.72 bits per heavy atom. The van der Waals surface area contributed by atoms with Gasteiger partial charge in [-0.2, -0.15) is 0 Å². The van der Waals surface area contributed by atoms with Crippen molar-refractivity contribution in [2.75, 3.05) is 0 Å². The highest BCUT2D eigenvalue weighted by Gasteiger charge is 2.27. The minimum Gasteiger partial charge on any atom is -0.223 e. The van der Waals surface area contributed by atoms with Crippen LogP contribution in [0.15, 0.2) is 77.3 Å². The van der Waals surface area contributed by atoms with Crippen molar-refractivity contribution in [3.63, 3.8) is 0 Å². The van der Waals surface area contributed by atoms with Crippen LogP contribution < -0.4 is 0 Å². The Labute approximate surface area is 153 Å². The number of aryl methyl sites for hydroxylation is 1. The third kappa shape index (κ3) is 6.50. The maximum atomic E-state index is 13.0. The van der Waals surface area contributed by atoms with Crippen LogP contribution in [0.1, 0.15) is 45.6 Å². The summed E-state index contributed by atoms with van der Waals surface area (Å²) in [6.45, 7) is 15.8. The molecular weight excluding hydrogens is 328 g/mol. The Morgan fingerprint density at radius 3 is 2.24 bits per heavy atom. The molecule has 0 bridgehead atoms. The van der Waals surface area contributed by atoms with Gasteiger partial charge in [-0.15, -0.1) is 0 Å². The summed E-state index contributed by atoms with van der Waals surface area (Å²) < 4.78 is 26.0. The standard InChI is InChI=1S/C22H30O2S/c1-7-20(6)22(16-13-18(4)10-8-9-17(2)3)25(23,24)21-14-11-19(5)12-15-21/h7,9,11-15,22H,1,6,8,10,16H2,2-5H3/b18-13-. The van der Waals surface area contributed by atoms with Crippen LogP contribution in [0.2, 0.25) is 0 Å². The minimum atomic E-state index is -3.49. The fourth-order valence-corrected chi connectivity index (χ4v) is 4.19. The third-order valence-corrected chi connectivity index (χ3v) is 6.35. The topological polar surface area (TPSA) is 34.1 Å². The predicted octanol–water partition coefficient (Wildman–Crippen LogP) is 5.96. The monoisotopic (exact) mass is 358 g/mol. The Balaban J connectivity index is 3.01. The van der Waals surface area contributed by atoms with Crippen LogP contribution in [-0.2, 0) is 9.84 Å². The van der Waals surface area contributed by atoms with Gasteiger partial charge in [0.2, 0.25) is 0 Å². The van der Waals surface area contributed by atoms with Gasteiger partial charge in [0.25, 0.3) is 0 Å². The molecule has 0 aromatic heterocycles. The van der Waals surface area contributed by atoms with Crippen LogP contribution in [0.4, 0.5) is 0 Å². The molecule has 0 saturated heterocycles. The van der Waals surface area contributed by atoms with Gasteiger partial charge in [0.1, 0.15) is 0 Å². The molecule has 2 nitrogen and oxygen atoms in total. The first-order chi connectivity index (χ1) is 11.7. The van der Waals surface area contributed by atoms with Crippen LogP contribution in [0, 0.1) is 6.92 Å². The number of benzene rings is 1. The summed E-state index contributed by atoms with van der Waals surface area (Å²) in [5.74, 6) is 0. The maximum absolute atomic E-state index is 13.0. The lowest BCUT2D eigenvalue weighted by Crippen LogP contribution is -2.22. The van der Waals surface area contributed by atoms with Gasteiger partial charge in [-0.3, -0.25) is 0 Å². The van der Waals surface area contributed by atoms with Crippen molar-refractivity contribution in [1.82, 2.24) is 0 Å². The molecule has 0 heterocycles. The molecule has 0 spiro atoms. The summed E-state index contributed by atoms with van der Waals surface area (Å²) in [5.41, 5.74) is 4.06. The van der Waals surface area contributed by atoms with E-state index >= 15 is 0 Å².